The lowest BCUT2D eigenvalue weighted by molar-refractivity contribution is 0.413. The summed E-state index contributed by atoms with van der Waals surface area (Å²) >= 11 is 0. The van der Waals surface area contributed by atoms with Gasteiger partial charge >= 0.3 is 0 Å². The third kappa shape index (κ3) is 3.85. The maximum atomic E-state index is 3.95. The predicted molar refractivity (Wildman–Crippen MR) is 56.2 cm³/mol. The average molecular weight is 180 g/mol. The van der Waals surface area contributed by atoms with Gasteiger partial charge in [0, 0.05) is 12.6 Å². The lowest BCUT2D eigenvalue weighted by Gasteiger charge is -2.24. The zero-order chi connectivity index (χ0) is 9.52. The predicted octanol–water partition coefficient (Wildman–Crippen LogP) is 0.528. The number of nitrogens with zero attached hydrogens (tertiary/aromatic N) is 2. The summed E-state index contributed by atoms with van der Waals surface area (Å²) in [5, 5.41) is 6.52. The van der Waals surface area contributed by atoms with E-state index in [4.69, 9.17) is 0 Å². The van der Waals surface area contributed by atoms with Gasteiger partial charge in [0.05, 0.1) is 0 Å². The van der Waals surface area contributed by atoms with Crippen molar-refractivity contribution >= 4 is 13.1 Å². The Hall–Kier alpha value is -1.16. The molecule has 0 radical (unpaired) electrons. The van der Waals surface area contributed by atoms with Crippen LogP contribution in [0.1, 0.15) is 12.8 Å². The Morgan fingerprint density at radius 2 is 2.46 bits per heavy atom. The van der Waals surface area contributed by atoms with Gasteiger partial charge < -0.3 is 10.6 Å². The Balaban J connectivity index is 2.25. The molecular formula is C9H16N4. The molecule has 4 heteroatoms. The maximum Gasteiger partial charge on any atom is 0.120 e. The Bertz CT molecular complexity index is 204. The van der Waals surface area contributed by atoms with Gasteiger partial charge in [-0.25, -0.2) is 4.99 Å². The van der Waals surface area contributed by atoms with Crippen LogP contribution in [0.4, 0.5) is 0 Å². The Kier molecular flexibility index (Phi) is 4.18. The second-order valence-corrected chi connectivity index (χ2v) is 3.06. The molecule has 1 atom stereocenters. The highest BCUT2D eigenvalue weighted by Gasteiger charge is 2.11. The van der Waals surface area contributed by atoms with Gasteiger partial charge in [0.1, 0.15) is 12.2 Å². The highest BCUT2D eigenvalue weighted by molar-refractivity contribution is 5.63. The number of nitrogens with one attached hydrogen (secondary N) is 2. The van der Waals surface area contributed by atoms with Crippen molar-refractivity contribution in [3.05, 3.63) is 12.4 Å². The van der Waals surface area contributed by atoms with Crippen molar-refractivity contribution in [2.45, 2.75) is 18.9 Å². The maximum absolute atomic E-state index is 3.95. The first-order chi connectivity index (χ1) is 6.33. The number of aliphatic imine (C=N–C) groups is 2. The zero-order valence-electron chi connectivity index (χ0n) is 7.79. The van der Waals surface area contributed by atoms with Crippen molar-refractivity contribution in [2.75, 3.05) is 13.1 Å². The molecule has 0 spiro atoms. The van der Waals surface area contributed by atoms with E-state index in [0.717, 1.165) is 13.1 Å². The van der Waals surface area contributed by atoms with E-state index in [0.29, 0.717) is 11.9 Å². The van der Waals surface area contributed by atoms with Gasteiger partial charge in [-0.1, -0.05) is 6.58 Å². The monoisotopic (exact) mass is 180 g/mol. The number of hydrogen-bond donors (Lipinski definition) is 2. The summed E-state index contributed by atoms with van der Waals surface area (Å²) in [7, 11) is 0. The molecule has 1 heterocycles. The Morgan fingerprint density at radius 1 is 1.62 bits per heavy atom. The third-order valence-electron chi connectivity index (χ3n) is 1.96. The lowest BCUT2D eigenvalue weighted by atomic mass is 10.1. The van der Waals surface area contributed by atoms with Gasteiger partial charge in [0.2, 0.25) is 0 Å². The molecule has 1 saturated heterocycles. The van der Waals surface area contributed by atoms with Crippen LogP contribution in [0.25, 0.3) is 0 Å². The molecule has 13 heavy (non-hydrogen) atoms. The highest BCUT2D eigenvalue weighted by Crippen LogP contribution is 2.03. The molecule has 0 saturated carbocycles. The second kappa shape index (κ2) is 5.48. The van der Waals surface area contributed by atoms with Gasteiger partial charge in [-0.2, -0.15) is 0 Å². The standard InChI is InChI=1S/C9H16N4/c1-8(12-7-10-2)13-9-4-3-5-11-6-9/h7,9,11,13H,1-6H2/b12-7-. The fourth-order valence-electron chi connectivity index (χ4n) is 1.36. The third-order valence-corrected chi connectivity index (χ3v) is 1.96. The molecule has 72 valence electrons. The minimum atomic E-state index is 0.447. The van der Waals surface area contributed by atoms with Crippen molar-refractivity contribution in [3.63, 3.8) is 0 Å². The summed E-state index contributed by atoms with van der Waals surface area (Å²) in [6.45, 7) is 9.16. The van der Waals surface area contributed by atoms with Gasteiger partial charge in [-0.3, -0.25) is 4.99 Å². The van der Waals surface area contributed by atoms with E-state index in [-0.39, 0.29) is 0 Å². The molecule has 0 aromatic heterocycles. The van der Waals surface area contributed by atoms with Crippen molar-refractivity contribution in [2.24, 2.45) is 9.98 Å². The van der Waals surface area contributed by atoms with Crippen molar-refractivity contribution in [3.8, 4) is 0 Å². The van der Waals surface area contributed by atoms with E-state index >= 15 is 0 Å². The van der Waals surface area contributed by atoms with Crippen LogP contribution in [0, 0.1) is 0 Å². The van der Waals surface area contributed by atoms with Crippen molar-refractivity contribution in [1.82, 2.24) is 10.6 Å². The largest absolute Gasteiger partial charge is 0.367 e. The van der Waals surface area contributed by atoms with E-state index in [1.54, 1.807) is 0 Å². The molecule has 1 rings (SSSR count). The highest BCUT2D eigenvalue weighted by atomic mass is 15.1. The Labute approximate surface area is 78.9 Å². The normalized spacial score (nSPS) is 22.9. The minimum Gasteiger partial charge on any atom is -0.367 e. The molecule has 0 aromatic carbocycles. The molecule has 2 N–H and O–H groups in total. The zero-order valence-corrected chi connectivity index (χ0v) is 7.79. The molecular weight excluding hydrogens is 164 g/mol. The van der Waals surface area contributed by atoms with E-state index in [1.165, 1.54) is 19.2 Å². The van der Waals surface area contributed by atoms with Gasteiger partial charge in [0.25, 0.3) is 0 Å². The van der Waals surface area contributed by atoms with Crippen LogP contribution in [0.2, 0.25) is 0 Å². The van der Waals surface area contributed by atoms with Crippen LogP contribution in [-0.4, -0.2) is 32.2 Å². The molecule has 1 fully saturated rings. The SMILES string of the molecule is C=N/C=N\C(=C)NC1CCCNC1. The molecule has 0 aliphatic carbocycles. The Morgan fingerprint density at radius 3 is 3.08 bits per heavy atom. The first-order valence-corrected chi connectivity index (χ1v) is 4.47. The minimum absolute atomic E-state index is 0.447. The second-order valence-electron chi connectivity index (χ2n) is 3.06. The molecule has 1 aliphatic rings. The summed E-state index contributed by atoms with van der Waals surface area (Å²) in [4.78, 5) is 7.46. The topological polar surface area (TPSA) is 48.8 Å². The first-order valence-electron chi connectivity index (χ1n) is 4.47. The van der Waals surface area contributed by atoms with Gasteiger partial charge in [-0.05, 0) is 26.1 Å². The van der Waals surface area contributed by atoms with E-state index in [2.05, 4.69) is 33.9 Å². The number of piperidine rings is 1. The molecule has 0 amide bonds. The molecule has 1 unspecified atom stereocenters. The van der Waals surface area contributed by atoms with Gasteiger partial charge in [-0.15, -0.1) is 0 Å². The summed E-state index contributed by atoms with van der Waals surface area (Å²) in [5.41, 5.74) is 0. The van der Waals surface area contributed by atoms with E-state index in [9.17, 15) is 0 Å². The first kappa shape index (κ1) is 9.92. The van der Waals surface area contributed by atoms with Crippen LogP contribution in [0.15, 0.2) is 22.4 Å². The van der Waals surface area contributed by atoms with Gasteiger partial charge in [0.15, 0.2) is 0 Å². The van der Waals surface area contributed by atoms with Crippen LogP contribution < -0.4 is 10.6 Å². The van der Waals surface area contributed by atoms with E-state index < -0.39 is 0 Å². The quantitative estimate of drug-likeness (QED) is 0.489. The van der Waals surface area contributed by atoms with E-state index in [1.807, 2.05) is 0 Å². The van der Waals surface area contributed by atoms with Crippen LogP contribution in [0.5, 0.6) is 0 Å². The number of hydrogen-bond acceptors (Lipinski definition) is 3. The fourth-order valence-corrected chi connectivity index (χ4v) is 1.36. The van der Waals surface area contributed by atoms with Crippen LogP contribution in [0.3, 0.4) is 0 Å². The van der Waals surface area contributed by atoms with Crippen molar-refractivity contribution in [1.29, 1.82) is 0 Å². The lowest BCUT2D eigenvalue weighted by Crippen LogP contribution is -2.42. The summed E-state index contributed by atoms with van der Waals surface area (Å²) in [6.07, 6.45) is 3.77. The fraction of sp³-hybridized carbons (Fsp3) is 0.556. The summed E-state index contributed by atoms with van der Waals surface area (Å²) in [5.74, 6) is 0.654. The summed E-state index contributed by atoms with van der Waals surface area (Å²) < 4.78 is 0. The average Bonchev–Trinajstić information content (AvgIpc) is 2.16. The van der Waals surface area contributed by atoms with Crippen molar-refractivity contribution < 1.29 is 0 Å². The number of rotatable bonds is 4. The molecule has 4 nitrogen and oxygen atoms in total. The van der Waals surface area contributed by atoms with Crippen LogP contribution in [-0.2, 0) is 0 Å². The molecule has 0 bridgehead atoms. The van der Waals surface area contributed by atoms with Crippen LogP contribution >= 0.6 is 0 Å². The molecule has 1 aliphatic heterocycles. The summed E-state index contributed by atoms with van der Waals surface area (Å²) in [6, 6.07) is 0.447. The smallest absolute Gasteiger partial charge is 0.120 e. The molecule has 0 aromatic rings.